The van der Waals surface area contributed by atoms with E-state index in [0.717, 1.165) is 44.1 Å². The van der Waals surface area contributed by atoms with Crippen LogP contribution in [0.25, 0.3) is 0 Å². The quantitative estimate of drug-likeness (QED) is 0.310. The molecule has 9 nitrogen and oxygen atoms in total. The van der Waals surface area contributed by atoms with Crippen molar-refractivity contribution in [3.05, 3.63) is 11.6 Å². The van der Waals surface area contributed by atoms with Crippen LogP contribution in [0.1, 0.15) is 78.1 Å². The Labute approximate surface area is 218 Å². The van der Waals surface area contributed by atoms with Crippen LogP contribution in [0, 0.1) is 34.5 Å². The van der Waals surface area contributed by atoms with Crippen LogP contribution < -0.4 is 5.32 Å². The summed E-state index contributed by atoms with van der Waals surface area (Å²) < 4.78 is 10.9. The number of nitrogens with one attached hydrogen (secondary N) is 1. The Morgan fingerprint density at radius 3 is 2.62 bits per heavy atom. The number of hydrogen-bond donors (Lipinski definition) is 4. The summed E-state index contributed by atoms with van der Waals surface area (Å²) in [5.41, 5.74) is -0.859. The second kappa shape index (κ2) is 9.56. The molecule has 4 saturated carbocycles. The maximum Gasteiger partial charge on any atom is 0.407 e. The smallest absolute Gasteiger partial charge is 0.407 e. The van der Waals surface area contributed by atoms with Gasteiger partial charge in [0, 0.05) is 24.5 Å². The molecule has 0 aromatic rings. The van der Waals surface area contributed by atoms with Crippen LogP contribution in [0.15, 0.2) is 11.6 Å². The van der Waals surface area contributed by atoms with Gasteiger partial charge in [0.15, 0.2) is 0 Å². The SMILES string of the molecule is C[C@]12CC[C@H](OC(=O)NCCCC(=O)O)C[C@H]1CC[C@@H]1[C@@H]2C[C@@H](O)[C@]2(C)[C@@H](C3=CC(=O)OC3)CC[C@]12O. The van der Waals surface area contributed by atoms with Gasteiger partial charge < -0.3 is 30.1 Å². The molecule has 0 spiro atoms. The Kier molecular flexibility index (Phi) is 6.84. The molecular weight excluding hydrogens is 478 g/mol. The number of cyclic esters (lactones) is 1. The number of esters is 1. The second-order valence-electron chi connectivity index (χ2n) is 12.6. The molecule has 4 aliphatic carbocycles. The number of carbonyl (C=O) groups excluding carboxylic acids is 2. The highest BCUT2D eigenvalue weighted by molar-refractivity contribution is 5.85. The van der Waals surface area contributed by atoms with Crippen LogP contribution in [-0.2, 0) is 19.1 Å². The fourth-order valence-corrected chi connectivity index (χ4v) is 9.08. The Bertz CT molecular complexity index is 981. The molecule has 4 fully saturated rings. The number of rotatable bonds is 6. The van der Waals surface area contributed by atoms with Gasteiger partial charge in [-0.25, -0.2) is 9.59 Å². The summed E-state index contributed by atoms with van der Waals surface area (Å²) in [5.74, 6) is -0.682. The Morgan fingerprint density at radius 2 is 1.92 bits per heavy atom. The summed E-state index contributed by atoms with van der Waals surface area (Å²) in [7, 11) is 0. The maximum absolute atomic E-state index is 12.3. The fourth-order valence-electron chi connectivity index (χ4n) is 9.08. The minimum Gasteiger partial charge on any atom is -0.481 e. The normalized spacial score (nSPS) is 44.6. The highest BCUT2D eigenvalue weighted by atomic mass is 16.6. The number of aliphatic carboxylic acids is 1. The second-order valence-corrected chi connectivity index (χ2v) is 12.6. The molecule has 1 heterocycles. The first-order chi connectivity index (χ1) is 17.5. The molecule has 9 atom stereocenters. The molecule has 5 aliphatic rings. The van der Waals surface area contributed by atoms with E-state index in [1.54, 1.807) is 6.08 Å². The van der Waals surface area contributed by atoms with Crippen molar-refractivity contribution in [2.45, 2.75) is 95.9 Å². The van der Waals surface area contributed by atoms with Crippen LogP contribution >= 0.6 is 0 Å². The largest absolute Gasteiger partial charge is 0.481 e. The van der Waals surface area contributed by atoms with Crippen molar-refractivity contribution in [1.82, 2.24) is 5.32 Å². The van der Waals surface area contributed by atoms with Crippen molar-refractivity contribution in [2.24, 2.45) is 34.5 Å². The van der Waals surface area contributed by atoms with E-state index in [-0.39, 0.29) is 54.8 Å². The van der Waals surface area contributed by atoms with Crippen molar-refractivity contribution in [3.63, 3.8) is 0 Å². The van der Waals surface area contributed by atoms with E-state index in [4.69, 9.17) is 14.6 Å². The molecule has 0 bridgehead atoms. The molecule has 4 N–H and O–H groups in total. The predicted molar refractivity (Wildman–Crippen MR) is 132 cm³/mol. The number of carboxylic acids is 1. The number of hydrogen-bond acceptors (Lipinski definition) is 7. The molecule has 1 amide bonds. The van der Waals surface area contributed by atoms with E-state index in [0.29, 0.717) is 25.2 Å². The van der Waals surface area contributed by atoms with Crippen molar-refractivity contribution >= 4 is 18.0 Å². The molecule has 1 aliphatic heterocycles. The average molecular weight is 520 g/mol. The summed E-state index contributed by atoms with van der Waals surface area (Å²) in [4.78, 5) is 34.7. The van der Waals surface area contributed by atoms with Crippen LogP contribution in [0.4, 0.5) is 4.79 Å². The van der Waals surface area contributed by atoms with E-state index in [1.807, 2.05) is 6.92 Å². The number of amides is 1. The summed E-state index contributed by atoms with van der Waals surface area (Å²) in [6, 6.07) is 0. The van der Waals surface area contributed by atoms with Gasteiger partial charge in [0.05, 0.1) is 11.7 Å². The number of ether oxygens (including phenoxy) is 2. The lowest BCUT2D eigenvalue weighted by Crippen LogP contribution is -2.67. The van der Waals surface area contributed by atoms with Crippen molar-refractivity contribution in [2.75, 3.05) is 13.2 Å². The van der Waals surface area contributed by atoms with Crippen molar-refractivity contribution < 1.29 is 39.2 Å². The molecule has 9 heteroatoms. The lowest BCUT2D eigenvalue weighted by molar-refractivity contribution is -0.244. The maximum atomic E-state index is 12.3. The van der Waals surface area contributed by atoms with E-state index in [1.165, 1.54) is 0 Å². The number of carboxylic acid groups (broad SMARTS) is 1. The lowest BCUT2D eigenvalue weighted by Gasteiger charge is -2.65. The van der Waals surface area contributed by atoms with Gasteiger partial charge in [-0.15, -0.1) is 0 Å². The molecule has 206 valence electrons. The molecule has 0 aromatic carbocycles. The third-order valence-electron chi connectivity index (χ3n) is 11.1. The van der Waals surface area contributed by atoms with Gasteiger partial charge in [-0.05, 0) is 92.4 Å². The number of aliphatic hydroxyl groups excluding tert-OH is 1. The zero-order chi connectivity index (χ0) is 26.6. The summed E-state index contributed by atoms with van der Waals surface area (Å²) in [5, 5.41) is 35.3. The number of carbonyl (C=O) groups is 3. The molecule has 0 unspecified atom stereocenters. The van der Waals surface area contributed by atoms with Gasteiger partial charge in [0.2, 0.25) is 0 Å². The van der Waals surface area contributed by atoms with E-state index in [9.17, 15) is 24.6 Å². The van der Waals surface area contributed by atoms with Crippen LogP contribution in [0.3, 0.4) is 0 Å². The Morgan fingerprint density at radius 1 is 1.14 bits per heavy atom. The third-order valence-corrected chi connectivity index (χ3v) is 11.1. The van der Waals surface area contributed by atoms with Gasteiger partial charge in [-0.1, -0.05) is 13.8 Å². The van der Waals surface area contributed by atoms with E-state index < -0.39 is 29.2 Å². The Hall–Kier alpha value is -2.13. The number of aliphatic hydroxyl groups is 2. The molecule has 37 heavy (non-hydrogen) atoms. The van der Waals surface area contributed by atoms with Gasteiger partial charge in [-0.3, -0.25) is 4.79 Å². The van der Waals surface area contributed by atoms with Gasteiger partial charge in [0.1, 0.15) is 12.7 Å². The van der Waals surface area contributed by atoms with Crippen molar-refractivity contribution in [1.29, 1.82) is 0 Å². The Balaban J connectivity index is 1.26. The highest BCUT2D eigenvalue weighted by Gasteiger charge is 2.70. The highest BCUT2D eigenvalue weighted by Crippen LogP contribution is 2.70. The zero-order valence-corrected chi connectivity index (χ0v) is 21.9. The molecule has 5 rings (SSSR count). The summed E-state index contributed by atoms with van der Waals surface area (Å²) >= 11 is 0. The first kappa shape index (κ1) is 26.5. The predicted octanol–water partition coefficient (Wildman–Crippen LogP) is 3.17. The fraction of sp³-hybridized carbons (Fsp3) is 0.821. The summed E-state index contributed by atoms with van der Waals surface area (Å²) in [6.07, 6.45) is 6.76. The molecule has 0 aromatic heterocycles. The van der Waals surface area contributed by atoms with Crippen molar-refractivity contribution in [3.8, 4) is 0 Å². The number of fused-ring (bicyclic) bond motifs is 5. The standard InChI is InChI=1S/C28H41NO8/c1-26-9-7-18(37-25(34)29-11-3-4-23(31)32)13-17(26)5-6-20-21(26)14-22(30)27(2)19(8-10-28(20,27)35)16-12-24(33)36-15-16/h12,17-22,30,35H,3-11,13-15H2,1-2H3,(H,29,34)(H,31,32)/t17-,18+,19-,20-,21+,22-,26+,27+,28+/m1/s1. The minimum absolute atomic E-state index is 0.00812. The van der Waals surface area contributed by atoms with Gasteiger partial charge in [0.25, 0.3) is 0 Å². The molecule has 0 radical (unpaired) electrons. The topological polar surface area (TPSA) is 142 Å². The lowest BCUT2D eigenvalue weighted by atomic mass is 9.42. The first-order valence-electron chi connectivity index (χ1n) is 13.9. The van der Waals surface area contributed by atoms with E-state index >= 15 is 0 Å². The van der Waals surface area contributed by atoms with E-state index in [2.05, 4.69) is 12.2 Å². The first-order valence-corrected chi connectivity index (χ1v) is 13.9. The molecular formula is C28H41NO8. The van der Waals surface area contributed by atoms with Gasteiger partial charge >= 0.3 is 18.0 Å². The summed E-state index contributed by atoms with van der Waals surface area (Å²) in [6.45, 7) is 4.85. The minimum atomic E-state index is -0.996. The van der Waals surface area contributed by atoms with Gasteiger partial charge in [-0.2, -0.15) is 0 Å². The van der Waals surface area contributed by atoms with Crippen LogP contribution in [-0.4, -0.2) is 64.3 Å². The van der Waals surface area contributed by atoms with Crippen LogP contribution in [0.2, 0.25) is 0 Å². The third kappa shape index (κ3) is 4.26. The zero-order valence-electron chi connectivity index (χ0n) is 21.9. The monoisotopic (exact) mass is 519 g/mol. The number of alkyl carbamates (subject to hydrolysis) is 1. The average Bonchev–Trinajstić information content (AvgIpc) is 3.39. The van der Waals surface area contributed by atoms with Crippen LogP contribution in [0.5, 0.6) is 0 Å². The molecule has 0 saturated heterocycles.